The Hall–Kier alpha value is -5.12. The molecule has 1 aliphatic heterocycles. The summed E-state index contributed by atoms with van der Waals surface area (Å²) in [6.45, 7) is 2.16. The predicted molar refractivity (Wildman–Crippen MR) is 146 cm³/mol. The zero-order chi connectivity index (χ0) is 25.1. The van der Waals surface area contributed by atoms with E-state index in [0.717, 1.165) is 56.0 Å². The maximum atomic E-state index is 9.88. The van der Waals surface area contributed by atoms with Crippen LogP contribution in [0.25, 0.3) is 11.1 Å². The second-order valence-electron chi connectivity index (χ2n) is 9.65. The molecule has 3 heteroatoms. The average molecular weight is 472 g/mol. The number of nitrogens with zero attached hydrogens (tertiary/aromatic N) is 3. The molecule has 0 unspecified atom stereocenters. The van der Waals surface area contributed by atoms with Gasteiger partial charge in [-0.05, 0) is 88.3 Å². The van der Waals surface area contributed by atoms with Gasteiger partial charge in [-0.1, -0.05) is 66.7 Å². The summed E-state index contributed by atoms with van der Waals surface area (Å²) in [6.07, 6.45) is 0. The second kappa shape index (κ2) is 7.69. The van der Waals surface area contributed by atoms with E-state index in [2.05, 4.69) is 103 Å². The first kappa shape index (κ1) is 21.2. The molecule has 3 nitrogen and oxygen atoms in total. The van der Waals surface area contributed by atoms with Gasteiger partial charge in [0.15, 0.2) is 0 Å². The highest BCUT2D eigenvalue weighted by Crippen LogP contribution is 2.63. The highest BCUT2D eigenvalue weighted by molar-refractivity contribution is 5.96. The zero-order valence-corrected chi connectivity index (χ0v) is 20.2. The van der Waals surface area contributed by atoms with Crippen LogP contribution in [0.2, 0.25) is 0 Å². The van der Waals surface area contributed by atoms with E-state index < -0.39 is 5.41 Å². The number of para-hydroxylation sites is 3. The fourth-order valence-electron chi connectivity index (χ4n) is 6.40. The van der Waals surface area contributed by atoms with Gasteiger partial charge in [0.25, 0.3) is 0 Å². The molecule has 1 aliphatic carbocycles. The number of hydrogen-bond donors (Lipinski definition) is 0. The lowest BCUT2D eigenvalue weighted by atomic mass is 9.64. The first-order valence-electron chi connectivity index (χ1n) is 12.3. The maximum absolute atomic E-state index is 9.88. The van der Waals surface area contributed by atoms with Crippen LogP contribution in [0, 0.1) is 29.6 Å². The Bertz CT molecular complexity index is 1760. The van der Waals surface area contributed by atoms with E-state index in [1.807, 2.05) is 30.3 Å². The molecular formula is C34H21N3. The van der Waals surface area contributed by atoms with Crippen molar-refractivity contribution in [2.45, 2.75) is 12.3 Å². The molecule has 0 radical (unpaired) electrons. The first-order chi connectivity index (χ1) is 18.2. The van der Waals surface area contributed by atoms with Crippen molar-refractivity contribution in [1.29, 1.82) is 10.5 Å². The SMILES string of the molecule is Cc1cccc2c1N(c1ccccc1)c1ccccc1C21c2cc(C#N)ccc2-c2ccc(C#N)cc21. The minimum atomic E-state index is -0.659. The number of fused-ring (bicyclic) bond motifs is 9. The first-order valence-corrected chi connectivity index (χ1v) is 12.3. The molecule has 0 atom stereocenters. The van der Waals surface area contributed by atoms with Crippen LogP contribution in [0.4, 0.5) is 17.1 Å². The zero-order valence-electron chi connectivity index (χ0n) is 20.2. The molecule has 0 aromatic heterocycles. The summed E-state index contributed by atoms with van der Waals surface area (Å²) in [7, 11) is 0. The second-order valence-corrected chi connectivity index (χ2v) is 9.65. The molecule has 5 aromatic carbocycles. The van der Waals surface area contributed by atoms with Gasteiger partial charge in [0.1, 0.15) is 0 Å². The van der Waals surface area contributed by atoms with Crippen LogP contribution in [0.5, 0.6) is 0 Å². The molecule has 0 saturated heterocycles. The Morgan fingerprint density at radius 2 is 1.19 bits per heavy atom. The molecule has 0 N–H and O–H groups in total. The molecule has 5 aromatic rings. The average Bonchev–Trinajstić information content (AvgIpc) is 3.23. The minimum absolute atomic E-state index is 0.628. The summed E-state index contributed by atoms with van der Waals surface area (Å²) in [5.41, 5.74) is 11.8. The van der Waals surface area contributed by atoms with Crippen LogP contribution in [0.15, 0.2) is 109 Å². The van der Waals surface area contributed by atoms with E-state index in [9.17, 15) is 10.5 Å². The Balaban J connectivity index is 1.71. The number of hydrogen-bond acceptors (Lipinski definition) is 3. The van der Waals surface area contributed by atoms with Gasteiger partial charge in [0.05, 0.1) is 40.1 Å². The Morgan fingerprint density at radius 3 is 1.84 bits per heavy atom. The van der Waals surface area contributed by atoms with E-state index in [1.165, 1.54) is 0 Å². The van der Waals surface area contributed by atoms with Crippen LogP contribution in [0.3, 0.4) is 0 Å². The van der Waals surface area contributed by atoms with E-state index in [0.29, 0.717) is 11.1 Å². The van der Waals surface area contributed by atoms with Gasteiger partial charge >= 0.3 is 0 Å². The molecule has 37 heavy (non-hydrogen) atoms. The van der Waals surface area contributed by atoms with Gasteiger partial charge in [-0.2, -0.15) is 10.5 Å². The van der Waals surface area contributed by atoms with Crippen molar-refractivity contribution in [2.24, 2.45) is 0 Å². The van der Waals surface area contributed by atoms with Crippen molar-refractivity contribution in [3.63, 3.8) is 0 Å². The van der Waals surface area contributed by atoms with E-state index >= 15 is 0 Å². The topological polar surface area (TPSA) is 50.8 Å². The van der Waals surface area contributed by atoms with Crippen LogP contribution in [0.1, 0.15) is 38.9 Å². The Labute approximate surface area is 216 Å². The molecule has 2 aliphatic rings. The number of aryl methyl sites for hydroxylation is 1. The summed E-state index contributed by atoms with van der Waals surface area (Å²) in [5, 5.41) is 19.8. The quantitative estimate of drug-likeness (QED) is 0.245. The smallest absolute Gasteiger partial charge is 0.0991 e. The molecule has 1 heterocycles. The summed E-state index contributed by atoms with van der Waals surface area (Å²) in [4.78, 5) is 2.35. The number of anilines is 3. The molecular weight excluding hydrogens is 450 g/mol. The highest BCUT2D eigenvalue weighted by Gasteiger charge is 2.52. The third-order valence-corrected chi connectivity index (χ3v) is 7.82. The van der Waals surface area contributed by atoms with Crippen LogP contribution >= 0.6 is 0 Å². The van der Waals surface area contributed by atoms with Crippen molar-refractivity contribution in [2.75, 3.05) is 4.90 Å². The van der Waals surface area contributed by atoms with Crippen molar-refractivity contribution >= 4 is 17.1 Å². The van der Waals surface area contributed by atoms with Gasteiger partial charge in [0, 0.05) is 5.69 Å². The lowest BCUT2D eigenvalue weighted by Gasteiger charge is -2.45. The lowest BCUT2D eigenvalue weighted by molar-refractivity contribution is 0.750. The number of nitriles is 2. The van der Waals surface area contributed by atoms with Crippen molar-refractivity contribution in [3.8, 4) is 23.3 Å². The monoisotopic (exact) mass is 471 g/mol. The van der Waals surface area contributed by atoms with E-state index in [4.69, 9.17) is 0 Å². The molecule has 0 bridgehead atoms. The predicted octanol–water partition coefficient (Wildman–Crippen LogP) is 7.88. The van der Waals surface area contributed by atoms with Crippen molar-refractivity contribution in [1.82, 2.24) is 0 Å². The van der Waals surface area contributed by atoms with Gasteiger partial charge in [-0.15, -0.1) is 0 Å². The summed E-state index contributed by atoms with van der Waals surface area (Å²) in [5.74, 6) is 0. The standard InChI is InChI=1S/C34H21N3/c1-22-8-7-12-29-33(22)37(25-9-3-2-4-10-25)32-13-6-5-11-28(32)34(29)30-18-23(20-35)14-16-26(30)27-17-15-24(21-36)19-31(27)34/h2-19H,1H3. The summed E-state index contributed by atoms with van der Waals surface area (Å²) < 4.78 is 0. The third-order valence-electron chi connectivity index (χ3n) is 7.82. The molecule has 1 spiro atoms. The fourth-order valence-corrected chi connectivity index (χ4v) is 6.40. The Kier molecular flexibility index (Phi) is 4.40. The maximum Gasteiger partial charge on any atom is 0.0991 e. The molecule has 7 rings (SSSR count). The van der Waals surface area contributed by atoms with Gasteiger partial charge in [-0.3, -0.25) is 0 Å². The molecule has 0 fully saturated rings. The van der Waals surface area contributed by atoms with Crippen LogP contribution in [-0.2, 0) is 5.41 Å². The normalized spacial score (nSPS) is 13.6. The molecule has 0 amide bonds. The third kappa shape index (κ3) is 2.69. The van der Waals surface area contributed by atoms with Gasteiger partial charge in [0.2, 0.25) is 0 Å². The van der Waals surface area contributed by atoms with Crippen molar-refractivity contribution < 1.29 is 0 Å². The summed E-state index contributed by atoms with van der Waals surface area (Å²) in [6, 6.07) is 42.2. The van der Waals surface area contributed by atoms with E-state index in [1.54, 1.807) is 0 Å². The molecule has 0 saturated carbocycles. The highest BCUT2D eigenvalue weighted by atomic mass is 15.2. The summed E-state index contributed by atoms with van der Waals surface area (Å²) >= 11 is 0. The fraction of sp³-hybridized carbons (Fsp3) is 0.0588. The van der Waals surface area contributed by atoms with E-state index in [-0.39, 0.29) is 0 Å². The lowest BCUT2D eigenvalue weighted by Crippen LogP contribution is -2.36. The number of benzene rings is 5. The largest absolute Gasteiger partial charge is 0.310 e. The van der Waals surface area contributed by atoms with Gasteiger partial charge in [-0.25, -0.2) is 0 Å². The Morgan fingerprint density at radius 1 is 0.595 bits per heavy atom. The van der Waals surface area contributed by atoms with Crippen molar-refractivity contribution in [3.05, 3.63) is 148 Å². The molecule has 172 valence electrons. The van der Waals surface area contributed by atoms with Crippen LogP contribution in [-0.4, -0.2) is 0 Å². The minimum Gasteiger partial charge on any atom is -0.310 e. The van der Waals surface area contributed by atoms with Gasteiger partial charge < -0.3 is 4.90 Å². The number of rotatable bonds is 1. The van der Waals surface area contributed by atoms with Crippen LogP contribution < -0.4 is 4.90 Å².